The number of aromatic amines is 1. The molecule has 13 nitrogen and oxygen atoms in total. The van der Waals surface area contributed by atoms with Crippen molar-refractivity contribution in [3.63, 3.8) is 0 Å². The summed E-state index contributed by atoms with van der Waals surface area (Å²) in [5.41, 5.74) is -1.58. The summed E-state index contributed by atoms with van der Waals surface area (Å²) in [6.45, 7) is 2.73. The van der Waals surface area contributed by atoms with Gasteiger partial charge in [0, 0.05) is 0 Å². The Morgan fingerprint density at radius 2 is 1.83 bits per heavy atom. The first kappa shape index (κ1) is 20.7. The van der Waals surface area contributed by atoms with Crippen LogP contribution in [0.4, 0.5) is 5.95 Å². The molecule has 0 bridgehead atoms. The predicted octanol–water partition coefficient (Wildman–Crippen LogP) is -2.81. The van der Waals surface area contributed by atoms with Crippen LogP contribution in [-0.4, -0.2) is 75.6 Å². The molecule has 5 atom stereocenters. The van der Waals surface area contributed by atoms with Crippen molar-refractivity contribution in [2.75, 3.05) is 5.73 Å². The van der Waals surface area contributed by atoms with Crippen molar-refractivity contribution in [1.82, 2.24) is 19.5 Å². The van der Waals surface area contributed by atoms with E-state index < -0.39 is 52.5 Å². The number of fused-ring (bicyclic) bond motifs is 1. The van der Waals surface area contributed by atoms with Gasteiger partial charge >= 0.3 is 0 Å². The highest BCUT2D eigenvalue weighted by molar-refractivity contribution is 6.00. The highest BCUT2D eigenvalue weighted by Gasteiger charge is 2.73. The Morgan fingerprint density at radius 3 is 2.34 bits per heavy atom. The number of imidazole rings is 1. The van der Waals surface area contributed by atoms with Gasteiger partial charge in [0.1, 0.15) is 12.2 Å². The topological polar surface area (TPSA) is 211 Å². The van der Waals surface area contributed by atoms with E-state index in [2.05, 4.69) is 15.0 Å². The molecule has 0 spiro atoms. The van der Waals surface area contributed by atoms with E-state index in [1.807, 2.05) is 0 Å². The van der Waals surface area contributed by atoms with Crippen molar-refractivity contribution in [3.8, 4) is 0 Å². The molecule has 0 aliphatic carbocycles. The Bertz CT molecular complexity index is 1090. The molecule has 1 fully saturated rings. The van der Waals surface area contributed by atoms with Gasteiger partial charge in [0.2, 0.25) is 11.5 Å². The molecule has 1 aliphatic rings. The van der Waals surface area contributed by atoms with Gasteiger partial charge in [-0.1, -0.05) is 0 Å². The number of nitrogens with zero attached hydrogens (tertiary/aromatic N) is 3. The number of Topliss-reactive ketones (excluding diaryl/α,β-unsaturated/α-hetero) is 3. The first-order chi connectivity index (χ1) is 13.4. The zero-order valence-corrected chi connectivity index (χ0v) is 15.6. The molecular weight excluding hydrogens is 390 g/mol. The Hall–Kier alpha value is -3.00. The predicted molar refractivity (Wildman–Crippen MR) is 94.4 cm³/mol. The normalized spacial score (nSPS) is 30.4. The fraction of sp³-hybridized carbons (Fsp3) is 0.500. The van der Waals surface area contributed by atoms with E-state index in [0.29, 0.717) is 0 Å². The van der Waals surface area contributed by atoms with Gasteiger partial charge in [-0.2, -0.15) is 4.98 Å². The van der Waals surface area contributed by atoms with Crippen molar-refractivity contribution in [2.24, 2.45) is 0 Å². The second-order valence-electron chi connectivity index (χ2n) is 6.88. The van der Waals surface area contributed by atoms with E-state index in [0.717, 1.165) is 31.7 Å². The van der Waals surface area contributed by atoms with Crippen molar-refractivity contribution in [1.29, 1.82) is 0 Å². The zero-order valence-electron chi connectivity index (χ0n) is 15.6. The molecule has 0 saturated carbocycles. The van der Waals surface area contributed by atoms with Crippen LogP contribution in [0.3, 0.4) is 0 Å². The van der Waals surface area contributed by atoms with E-state index in [-0.39, 0.29) is 17.1 Å². The third-order valence-corrected chi connectivity index (χ3v) is 5.11. The molecule has 1 saturated heterocycles. The second kappa shape index (κ2) is 6.52. The molecule has 3 heterocycles. The maximum Gasteiger partial charge on any atom is 0.280 e. The van der Waals surface area contributed by atoms with E-state index in [1.165, 1.54) is 0 Å². The van der Waals surface area contributed by atoms with Crippen LogP contribution in [0.1, 0.15) is 27.0 Å². The molecule has 29 heavy (non-hydrogen) atoms. The molecule has 156 valence electrons. The largest absolute Gasteiger partial charge is 0.382 e. The van der Waals surface area contributed by atoms with Crippen molar-refractivity contribution in [2.45, 2.75) is 50.4 Å². The number of aliphatic hydroxyl groups excluding tert-OH is 1. The molecule has 13 heteroatoms. The number of carbonyl (C=O) groups excluding carboxylic acids is 3. The molecule has 0 aromatic carbocycles. The van der Waals surface area contributed by atoms with Crippen molar-refractivity contribution < 1.29 is 34.4 Å². The summed E-state index contributed by atoms with van der Waals surface area (Å²) in [6, 6.07) is 0. The third kappa shape index (κ3) is 2.62. The Morgan fingerprint density at radius 1 is 1.24 bits per heavy atom. The number of aromatic nitrogens is 4. The molecule has 2 aromatic rings. The number of hydrogen-bond donors (Lipinski definition) is 5. The molecule has 3 rings (SSSR count). The number of anilines is 1. The molecule has 1 aliphatic heterocycles. The highest BCUT2D eigenvalue weighted by atomic mass is 16.6. The fourth-order valence-corrected chi connectivity index (χ4v) is 3.55. The Kier molecular flexibility index (Phi) is 4.66. The maximum absolute atomic E-state index is 12.4. The number of rotatable bonds is 5. The van der Waals surface area contributed by atoms with Crippen molar-refractivity contribution >= 4 is 34.5 Å². The van der Waals surface area contributed by atoms with Crippen LogP contribution in [0.25, 0.3) is 11.2 Å². The average molecular weight is 409 g/mol. The van der Waals surface area contributed by atoms with E-state index in [9.17, 15) is 34.5 Å². The molecule has 0 amide bonds. The van der Waals surface area contributed by atoms with Crippen molar-refractivity contribution in [3.05, 3.63) is 16.7 Å². The summed E-state index contributed by atoms with van der Waals surface area (Å²) in [5.74, 6) is -3.41. The van der Waals surface area contributed by atoms with Crippen LogP contribution in [0, 0.1) is 0 Å². The minimum atomic E-state index is -2.99. The summed E-state index contributed by atoms with van der Waals surface area (Å²) < 4.78 is 6.41. The number of H-pyrrole nitrogens is 1. The maximum atomic E-state index is 12.4. The number of nitrogen functional groups attached to an aromatic ring is 1. The summed E-state index contributed by atoms with van der Waals surface area (Å²) in [4.78, 5) is 58.4. The second-order valence-corrected chi connectivity index (χ2v) is 6.88. The summed E-state index contributed by atoms with van der Waals surface area (Å²) in [7, 11) is 0. The first-order valence-corrected chi connectivity index (χ1v) is 8.40. The van der Waals surface area contributed by atoms with Crippen LogP contribution in [0.5, 0.6) is 0 Å². The van der Waals surface area contributed by atoms with Gasteiger partial charge in [0.25, 0.3) is 5.56 Å². The van der Waals surface area contributed by atoms with Crippen LogP contribution >= 0.6 is 0 Å². The van der Waals surface area contributed by atoms with Crippen LogP contribution < -0.4 is 11.3 Å². The molecule has 0 radical (unpaired) electrons. The number of ketones is 3. The standard InChI is InChI=1S/C16H19N5O8/c1-5(22)9(25)10-15(27,6(2)23)16(28,7(3)24)13(29-10)21-4-18-8-11(21)19-14(17)20-12(8)26/h4,9-10,13,25,27-28H,1-3H3,(H3,17,19,20,26)/t9-,10+,13+,15+,16-/m0/s1. The molecule has 6 N–H and O–H groups in total. The molecule has 2 aromatic heterocycles. The van der Waals surface area contributed by atoms with Gasteiger partial charge in [0.05, 0.1) is 6.33 Å². The molecule has 0 unspecified atom stereocenters. The SMILES string of the molecule is CC(=O)[C@H](O)[C@H]1O[C@@H](n2cnc3c(=O)[nH]c(N)nc32)[C@@](O)(C(C)=O)[C@@]1(O)C(C)=O. The lowest BCUT2D eigenvalue weighted by Crippen LogP contribution is -2.67. The average Bonchev–Trinajstić information content (AvgIpc) is 3.13. The lowest BCUT2D eigenvalue weighted by Gasteiger charge is -2.37. The van der Waals surface area contributed by atoms with Gasteiger partial charge in [0.15, 0.2) is 40.3 Å². The number of hydrogen-bond acceptors (Lipinski definition) is 11. The van der Waals surface area contributed by atoms with Gasteiger partial charge in [-0.15, -0.1) is 0 Å². The molecular formula is C16H19N5O8. The number of ether oxygens (including phenoxy) is 1. The van der Waals surface area contributed by atoms with Crippen LogP contribution in [0.15, 0.2) is 11.1 Å². The first-order valence-electron chi connectivity index (χ1n) is 8.40. The lowest BCUT2D eigenvalue weighted by atomic mass is 9.73. The fourth-order valence-electron chi connectivity index (χ4n) is 3.55. The minimum absolute atomic E-state index is 0.222. The Balaban J connectivity index is 2.32. The minimum Gasteiger partial charge on any atom is -0.382 e. The number of nitrogens with two attached hydrogens (primary N) is 1. The van der Waals surface area contributed by atoms with Gasteiger partial charge in [-0.25, -0.2) is 4.98 Å². The number of carbonyl (C=O) groups is 3. The Labute approximate surface area is 162 Å². The third-order valence-electron chi connectivity index (χ3n) is 5.11. The van der Waals surface area contributed by atoms with Crippen LogP contribution in [-0.2, 0) is 19.1 Å². The monoisotopic (exact) mass is 409 g/mol. The van der Waals surface area contributed by atoms with E-state index in [4.69, 9.17) is 10.5 Å². The van der Waals surface area contributed by atoms with Gasteiger partial charge < -0.3 is 25.8 Å². The summed E-state index contributed by atoms with van der Waals surface area (Å²) in [5, 5.41) is 32.5. The van der Waals surface area contributed by atoms with Crippen LogP contribution in [0.2, 0.25) is 0 Å². The summed E-state index contributed by atoms with van der Waals surface area (Å²) in [6.07, 6.45) is -4.93. The number of aliphatic hydroxyl groups is 3. The van der Waals surface area contributed by atoms with E-state index >= 15 is 0 Å². The quantitative estimate of drug-likeness (QED) is 0.340. The van der Waals surface area contributed by atoms with Gasteiger partial charge in [-0.05, 0) is 20.8 Å². The van der Waals surface area contributed by atoms with E-state index in [1.54, 1.807) is 0 Å². The number of nitrogens with one attached hydrogen (secondary N) is 1. The lowest BCUT2D eigenvalue weighted by molar-refractivity contribution is -0.184. The highest BCUT2D eigenvalue weighted by Crippen LogP contribution is 2.48. The smallest absolute Gasteiger partial charge is 0.280 e. The zero-order chi connectivity index (χ0) is 21.9. The van der Waals surface area contributed by atoms with Gasteiger partial charge in [-0.3, -0.25) is 28.7 Å². The summed E-state index contributed by atoms with van der Waals surface area (Å²) >= 11 is 0.